The third-order valence-corrected chi connectivity index (χ3v) is 3.06. The lowest BCUT2D eigenvalue weighted by atomic mass is 10.2. The summed E-state index contributed by atoms with van der Waals surface area (Å²) in [6.07, 6.45) is 3.35. The third-order valence-electron chi connectivity index (χ3n) is 3.06. The minimum absolute atomic E-state index is 0.131. The molecule has 3 rings (SSSR count). The molecule has 2 aromatic heterocycles. The molecule has 0 saturated heterocycles. The van der Waals surface area contributed by atoms with Gasteiger partial charge in [-0.1, -0.05) is 6.07 Å². The van der Waals surface area contributed by atoms with Gasteiger partial charge in [-0.3, -0.25) is 9.97 Å². The minimum atomic E-state index is -0.131. The number of hydrogen-bond donors (Lipinski definition) is 3. The Kier molecular flexibility index (Phi) is 2.68. The quantitative estimate of drug-likeness (QED) is 0.655. The van der Waals surface area contributed by atoms with Gasteiger partial charge < -0.3 is 15.8 Å². The van der Waals surface area contributed by atoms with Crippen LogP contribution in [0.25, 0.3) is 22.3 Å². The van der Waals surface area contributed by atoms with Crippen molar-refractivity contribution in [3.63, 3.8) is 0 Å². The van der Waals surface area contributed by atoms with Crippen LogP contribution in [0.3, 0.4) is 0 Å². The standard InChI is InChI=1S/C14H14N4O/c1-8(15)12-6-17-13(7-16-12)11-5-9-10(18-11)3-2-4-14(9)19/h2-8,18-19H,15H2,1H3/t8-/m0/s1. The molecule has 0 saturated carbocycles. The van der Waals surface area contributed by atoms with Crippen LogP contribution in [-0.4, -0.2) is 20.1 Å². The fourth-order valence-corrected chi connectivity index (χ4v) is 1.99. The van der Waals surface area contributed by atoms with Crippen molar-refractivity contribution >= 4 is 10.9 Å². The molecule has 4 N–H and O–H groups in total. The van der Waals surface area contributed by atoms with Crippen LogP contribution in [0.15, 0.2) is 36.7 Å². The van der Waals surface area contributed by atoms with Crippen molar-refractivity contribution in [1.82, 2.24) is 15.0 Å². The fourth-order valence-electron chi connectivity index (χ4n) is 1.99. The number of nitrogens with zero attached hydrogens (tertiary/aromatic N) is 2. The molecule has 2 heterocycles. The first-order chi connectivity index (χ1) is 9.15. The Labute approximate surface area is 110 Å². The summed E-state index contributed by atoms with van der Waals surface area (Å²) in [5.74, 6) is 0.250. The van der Waals surface area contributed by atoms with E-state index in [-0.39, 0.29) is 11.8 Å². The van der Waals surface area contributed by atoms with Gasteiger partial charge >= 0.3 is 0 Å². The molecule has 19 heavy (non-hydrogen) atoms. The van der Waals surface area contributed by atoms with E-state index in [4.69, 9.17) is 5.73 Å². The molecule has 0 amide bonds. The summed E-state index contributed by atoms with van der Waals surface area (Å²) in [6, 6.07) is 7.09. The van der Waals surface area contributed by atoms with Gasteiger partial charge in [-0.2, -0.15) is 0 Å². The third kappa shape index (κ3) is 2.04. The normalized spacial score (nSPS) is 12.7. The van der Waals surface area contributed by atoms with Gasteiger partial charge in [0.15, 0.2) is 0 Å². The van der Waals surface area contributed by atoms with Crippen molar-refractivity contribution in [1.29, 1.82) is 0 Å². The summed E-state index contributed by atoms with van der Waals surface area (Å²) in [5, 5.41) is 10.5. The molecular weight excluding hydrogens is 240 g/mol. The van der Waals surface area contributed by atoms with Crippen LogP contribution in [0.2, 0.25) is 0 Å². The maximum Gasteiger partial charge on any atom is 0.124 e. The molecule has 96 valence electrons. The van der Waals surface area contributed by atoms with Crippen LogP contribution in [0.4, 0.5) is 0 Å². The number of fused-ring (bicyclic) bond motifs is 1. The molecule has 0 bridgehead atoms. The summed E-state index contributed by atoms with van der Waals surface area (Å²) in [6.45, 7) is 1.87. The largest absolute Gasteiger partial charge is 0.507 e. The van der Waals surface area contributed by atoms with Crippen molar-refractivity contribution < 1.29 is 5.11 Å². The molecule has 3 aromatic rings. The lowest BCUT2D eigenvalue weighted by Crippen LogP contribution is -2.07. The van der Waals surface area contributed by atoms with Crippen molar-refractivity contribution in [3.05, 3.63) is 42.4 Å². The molecule has 5 heteroatoms. The molecule has 5 nitrogen and oxygen atoms in total. The molecule has 0 aliphatic carbocycles. The summed E-state index contributed by atoms with van der Waals surface area (Å²) in [7, 11) is 0. The number of phenolic OH excluding ortho intramolecular Hbond substituents is 1. The van der Waals surface area contributed by atoms with Gasteiger partial charge in [0.25, 0.3) is 0 Å². The number of nitrogens with one attached hydrogen (secondary N) is 1. The SMILES string of the molecule is C[C@H](N)c1cnc(-c2cc3c(O)cccc3[nH]2)cn1. The lowest BCUT2D eigenvalue weighted by molar-refractivity contribution is 0.482. The number of aromatic amines is 1. The van der Waals surface area contributed by atoms with Crippen LogP contribution in [0.5, 0.6) is 5.75 Å². The van der Waals surface area contributed by atoms with E-state index in [1.807, 2.05) is 19.1 Å². The second kappa shape index (κ2) is 4.37. The first-order valence-electron chi connectivity index (χ1n) is 6.04. The molecule has 0 spiro atoms. The van der Waals surface area contributed by atoms with Crippen LogP contribution in [0, 0.1) is 0 Å². The number of phenols is 1. The molecule has 0 aliphatic rings. The van der Waals surface area contributed by atoms with E-state index in [0.717, 1.165) is 28.0 Å². The summed E-state index contributed by atoms with van der Waals surface area (Å²) < 4.78 is 0. The Morgan fingerprint density at radius 2 is 2.11 bits per heavy atom. The van der Waals surface area contributed by atoms with E-state index in [2.05, 4.69) is 15.0 Å². The van der Waals surface area contributed by atoms with Crippen molar-refractivity contribution in [3.8, 4) is 17.1 Å². The minimum Gasteiger partial charge on any atom is -0.507 e. The van der Waals surface area contributed by atoms with Gasteiger partial charge in [0, 0.05) is 16.9 Å². The van der Waals surface area contributed by atoms with Gasteiger partial charge in [-0.15, -0.1) is 0 Å². The van der Waals surface area contributed by atoms with Gasteiger partial charge in [0.2, 0.25) is 0 Å². The number of nitrogens with two attached hydrogens (primary N) is 1. The number of benzene rings is 1. The van der Waals surface area contributed by atoms with Gasteiger partial charge in [-0.25, -0.2) is 0 Å². The van der Waals surface area contributed by atoms with E-state index >= 15 is 0 Å². The van der Waals surface area contributed by atoms with E-state index < -0.39 is 0 Å². The van der Waals surface area contributed by atoms with Gasteiger partial charge in [-0.05, 0) is 25.1 Å². The Morgan fingerprint density at radius 1 is 1.26 bits per heavy atom. The van der Waals surface area contributed by atoms with Gasteiger partial charge in [0.05, 0.1) is 23.8 Å². The number of hydrogen-bond acceptors (Lipinski definition) is 4. The van der Waals surface area contributed by atoms with Crippen molar-refractivity contribution in [2.45, 2.75) is 13.0 Å². The fraction of sp³-hybridized carbons (Fsp3) is 0.143. The maximum absolute atomic E-state index is 9.78. The molecule has 0 aliphatic heterocycles. The Hall–Kier alpha value is -2.40. The zero-order valence-corrected chi connectivity index (χ0v) is 10.5. The maximum atomic E-state index is 9.78. The van der Waals surface area contributed by atoms with Crippen LogP contribution >= 0.6 is 0 Å². The predicted octanol–water partition coefficient (Wildman–Crippen LogP) is 2.35. The lowest BCUT2D eigenvalue weighted by Gasteiger charge is -2.03. The molecule has 0 unspecified atom stereocenters. The smallest absolute Gasteiger partial charge is 0.124 e. The number of aromatic nitrogens is 3. The monoisotopic (exact) mass is 254 g/mol. The highest BCUT2D eigenvalue weighted by molar-refractivity contribution is 5.89. The van der Waals surface area contributed by atoms with Crippen LogP contribution in [-0.2, 0) is 0 Å². The molecule has 1 atom stereocenters. The Bertz CT molecular complexity index is 716. The zero-order valence-electron chi connectivity index (χ0n) is 10.5. The highest BCUT2D eigenvalue weighted by Crippen LogP contribution is 2.28. The first kappa shape index (κ1) is 11.7. The van der Waals surface area contributed by atoms with E-state index in [1.54, 1.807) is 24.5 Å². The second-order valence-electron chi connectivity index (χ2n) is 4.54. The van der Waals surface area contributed by atoms with E-state index in [1.165, 1.54) is 0 Å². The summed E-state index contributed by atoms with van der Waals surface area (Å²) in [5.41, 5.74) is 8.90. The Morgan fingerprint density at radius 3 is 2.74 bits per heavy atom. The van der Waals surface area contributed by atoms with Crippen molar-refractivity contribution in [2.75, 3.05) is 0 Å². The van der Waals surface area contributed by atoms with Crippen LogP contribution < -0.4 is 5.73 Å². The zero-order chi connectivity index (χ0) is 13.4. The second-order valence-corrected chi connectivity index (χ2v) is 4.54. The number of rotatable bonds is 2. The van der Waals surface area contributed by atoms with Gasteiger partial charge in [0.1, 0.15) is 11.4 Å². The predicted molar refractivity (Wildman–Crippen MR) is 73.6 cm³/mol. The highest BCUT2D eigenvalue weighted by Gasteiger charge is 2.08. The molecule has 1 aromatic carbocycles. The average molecular weight is 254 g/mol. The van der Waals surface area contributed by atoms with Crippen LogP contribution in [0.1, 0.15) is 18.7 Å². The van der Waals surface area contributed by atoms with E-state index in [0.29, 0.717) is 0 Å². The van der Waals surface area contributed by atoms with E-state index in [9.17, 15) is 5.11 Å². The average Bonchev–Trinajstić information content (AvgIpc) is 2.84. The van der Waals surface area contributed by atoms with Crippen molar-refractivity contribution in [2.24, 2.45) is 5.73 Å². The molecule has 0 radical (unpaired) electrons. The topological polar surface area (TPSA) is 87.8 Å². The first-order valence-corrected chi connectivity index (χ1v) is 6.04. The molecule has 0 fully saturated rings. The summed E-state index contributed by atoms with van der Waals surface area (Å²) >= 11 is 0. The summed E-state index contributed by atoms with van der Waals surface area (Å²) in [4.78, 5) is 11.8. The number of aromatic hydroxyl groups is 1. The number of H-pyrrole nitrogens is 1. The highest BCUT2D eigenvalue weighted by atomic mass is 16.3. The Balaban J connectivity index is 2.06. The molecular formula is C14H14N4O.